The number of amides is 2. The van der Waals surface area contributed by atoms with Gasteiger partial charge in [0.1, 0.15) is 5.65 Å². The molecule has 0 atom stereocenters. The number of hydrogen-bond donors (Lipinski definition) is 0. The summed E-state index contributed by atoms with van der Waals surface area (Å²) in [4.78, 5) is 46.1. The zero-order chi connectivity index (χ0) is 21.5. The number of benzene rings is 1. The molecule has 4 aromatic rings. The van der Waals surface area contributed by atoms with Crippen molar-refractivity contribution in [1.29, 1.82) is 0 Å². The summed E-state index contributed by atoms with van der Waals surface area (Å²) in [5.41, 5.74) is 1.09. The Balaban J connectivity index is 1.39. The van der Waals surface area contributed by atoms with E-state index in [0.29, 0.717) is 53.3 Å². The van der Waals surface area contributed by atoms with Gasteiger partial charge in [-0.15, -0.1) is 0 Å². The van der Waals surface area contributed by atoms with Crippen molar-refractivity contribution in [2.75, 3.05) is 26.2 Å². The molecule has 1 aliphatic rings. The van der Waals surface area contributed by atoms with Crippen molar-refractivity contribution in [3.8, 4) is 0 Å². The van der Waals surface area contributed by atoms with Gasteiger partial charge in [-0.3, -0.25) is 18.8 Å². The zero-order valence-corrected chi connectivity index (χ0v) is 17.1. The molecule has 5 rings (SSSR count). The molecule has 1 aliphatic heterocycles. The Labute approximate surface area is 181 Å². The minimum Gasteiger partial charge on any atom is -0.459 e. The summed E-state index contributed by atoms with van der Waals surface area (Å²) < 4.78 is 6.53. The highest BCUT2D eigenvalue weighted by molar-refractivity contribution is 6.31. The number of fused-ring (bicyclic) bond motifs is 2. The first-order valence-electron chi connectivity index (χ1n) is 9.75. The first-order valence-corrected chi connectivity index (χ1v) is 10.1. The molecule has 0 saturated carbocycles. The second kappa shape index (κ2) is 7.55. The van der Waals surface area contributed by atoms with E-state index in [2.05, 4.69) is 4.98 Å². The van der Waals surface area contributed by atoms with Crippen LogP contribution in [0.15, 0.2) is 64.1 Å². The summed E-state index contributed by atoms with van der Waals surface area (Å²) in [6, 6.07) is 11.6. The molecule has 0 spiro atoms. The van der Waals surface area contributed by atoms with Crippen molar-refractivity contribution in [2.24, 2.45) is 0 Å². The van der Waals surface area contributed by atoms with E-state index in [-0.39, 0.29) is 23.1 Å². The first-order chi connectivity index (χ1) is 15.0. The van der Waals surface area contributed by atoms with Crippen LogP contribution in [0, 0.1) is 0 Å². The number of pyridine rings is 1. The molecule has 31 heavy (non-hydrogen) atoms. The molecular weight excluding hydrogens is 420 g/mol. The van der Waals surface area contributed by atoms with Crippen molar-refractivity contribution in [1.82, 2.24) is 19.2 Å². The topological polar surface area (TPSA) is 88.1 Å². The number of halogens is 1. The number of carbonyl (C=O) groups excluding carboxylic acids is 2. The maximum Gasteiger partial charge on any atom is 0.289 e. The van der Waals surface area contributed by atoms with Gasteiger partial charge in [0.15, 0.2) is 5.76 Å². The second-order valence-electron chi connectivity index (χ2n) is 7.29. The van der Waals surface area contributed by atoms with Gasteiger partial charge in [-0.2, -0.15) is 0 Å². The highest BCUT2D eigenvalue weighted by Crippen LogP contribution is 2.17. The Bertz CT molecular complexity index is 1370. The van der Waals surface area contributed by atoms with Crippen LogP contribution in [0.3, 0.4) is 0 Å². The van der Waals surface area contributed by atoms with Crippen LogP contribution in [0.5, 0.6) is 0 Å². The summed E-state index contributed by atoms with van der Waals surface area (Å²) in [6.45, 7) is 1.60. The van der Waals surface area contributed by atoms with Crippen molar-refractivity contribution in [2.45, 2.75) is 0 Å². The molecule has 1 saturated heterocycles. The van der Waals surface area contributed by atoms with Gasteiger partial charge in [0, 0.05) is 37.4 Å². The van der Waals surface area contributed by atoms with Gasteiger partial charge >= 0.3 is 0 Å². The highest BCUT2D eigenvalue weighted by atomic mass is 35.5. The number of furan rings is 1. The monoisotopic (exact) mass is 436 g/mol. The van der Waals surface area contributed by atoms with Crippen LogP contribution in [-0.4, -0.2) is 57.2 Å². The van der Waals surface area contributed by atoms with Crippen LogP contribution >= 0.6 is 11.6 Å². The van der Waals surface area contributed by atoms with E-state index >= 15 is 0 Å². The summed E-state index contributed by atoms with van der Waals surface area (Å²) >= 11 is 6.02. The average Bonchev–Trinajstić information content (AvgIpc) is 3.34. The van der Waals surface area contributed by atoms with Gasteiger partial charge in [-0.05, 0) is 42.5 Å². The fourth-order valence-electron chi connectivity index (χ4n) is 3.75. The summed E-state index contributed by atoms with van der Waals surface area (Å²) in [5.74, 6) is -0.107. The maximum absolute atomic E-state index is 13.0. The lowest BCUT2D eigenvalue weighted by atomic mass is 10.2. The Hall–Kier alpha value is -3.65. The molecule has 156 valence electrons. The van der Waals surface area contributed by atoms with E-state index in [1.54, 1.807) is 52.3 Å². The third-order valence-corrected chi connectivity index (χ3v) is 5.64. The number of hydrogen-bond acceptors (Lipinski definition) is 5. The Kier molecular flexibility index (Phi) is 4.71. The third-order valence-electron chi connectivity index (χ3n) is 5.40. The van der Waals surface area contributed by atoms with E-state index in [0.717, 1.165) is 0 Å². The molecule has 3 aromatic heterocycles. The molecular formula is C22H17ClN4O4. The van der Waals surface area contributed by atoms with Crippen molar-refractivity contribution < 1.29 is 14.0 Å². The largest absolute Gasteiger partial charge is 0.459 e. The number of rotatable bonds is 2. The fraction of sp³-hybridized carbons (Fsp3) is 0.182. The lowest BCUT2D eigenvalue weighted by Gasteiger charge is -2.34. The molecule has 8 nitrogen and oxygen atoms in total. The first kappa shape index (κ1) is 19.3. The molecule has 9 heteroatoms. The predicted octanol–water partition coefficient (Wildman–Crippen LogP) is 2.69. The van der Waals surface area contributed by atoms with Crippen LogP contribution in [0.4, 0.5) is 0 Å². The van der Waals surface area contributed by atoms with Crippen molar-refractivity contribution in [3.05, 3.63) is 81.6 Å². The zero-order valence-electron chi connectivity index (χ0n) is 16.3. The molecule has 1 fully saturated rings. The molecule has 0 radical (unpaired) electrons. The number of nitrogens with zero attached hydrogens (tertiary/aromatic N) is 4. The van der Waals surface area contributed by atoms with Gasteiger partial charge in [-0.1, -0.05) is 11.6 Å². The lowest BCUT2D eigenvalue weighted by Crippen LogP contribution is -2.50. The maximum atomic E-state index is 13.0. The standard InChI is InChI=1S/C22H17ClN4O4/c23-15-4-5-17-16(12-15)21(29)27-13-14(3-6-19(27)24-17)20(28)25-7-9-26(10-8-25)22(30)18-2-1-11-31-18/h1-6,11-13H,7-10H2. The van der Waals surface area contributed by atoms with Gasteiger partial charge in [0.05, 0.1) is 22.7 Å². The molecule has 0 aliphatic carbocycles. The molecule has 2 amide bonds. The third kappa shape index (κ3) is 3.44. The van der Waals surface area contributed by atoms with Crippen LogP contribution in [0.25, 0.3) is 16.6 Å². The van der Waals surface area contributed by atoms with Gasteiger partial charge in [0.25, 0.3) is 17.4 Å². The molecule has 1 aromatic carbocycles. The molecule has 0 unspecified atom stereocenters. The smallest absolute Gasteiger partial charge is 0.289 e. The Morgan fingerprint density at radius 3 is 2.42 bits per heavy atom. The Morgan fingerprint density at radius 1 is 0.968 bits per heavy atom. The average molecular weight is 437 g/mol. The van der Waals surface area contributed by atoms with E-state index in [1.807, 2.05) is 0 Å². The minimum absolute atomic E-state index is 0.189. The Morgan fingerprint density at radius 2 is 1.71 bits per heavy atom. The van der Waals surface area contributed by atoms with Crippen LogP contribution in [0.1, 0.15) is 20.9 Å². The van der Waals surface area contributed by atoms with Crippen LogP contribution in [0.2, 0.25) is 5.02 Å². The molecule has 4 heterocycles. The quantitative estimate of drug-likeness (QED) is 0.451. The predicted molar refractivity (Wildman–Crippen MR) is 114 cm³/mol. The highest BCUT2D eigenvalue weighted by Gasteiger charge is 2.27. The van der Waals surface area contributed by atoms with Crippen molar-refractivity contribution in [3.63, 3.8) is 0 Å². The van der Waals surface area contributed by atoms with Gasteiger partial charge in [-0.25, -0.2) is 4.98 Å². The van der Waals surface area contributed by atoms with Crippen LogP contribution < -0.4 is 5.56 Å². The van der Waals surface area contributed by atoms with Crippen LogP contribution in [-0.2, 0) is 0 Å². The molecule has 0 N–H and O–H groups in total. The number of carbonyl (C=O) groups is 2. The lowest BCUT2D eigenvalue weighted by molar-refractivity contribution is 0.0518. The van der Waals surface area contributed by atoms with Gasteiger partial charge < -0.3 is 14.2 Å². The van der Waals surface area contributed by atoms with E-state index in [4.69, 9.17) is 16.0 Å². The SMILES string of the molecule is O=C(c1ccc2nc3ccc(Cl)cc3c(=O)n2c1)N1CCN(C(=O)c2ccco2)CC1. The summed E-state index contributed by atoms with van der Waals surface area (Å²) in [6.07, 6.45) is 2.97. The number of aromatic nitrogens is 2. The van der Waals surface area contributed by atoms with E-state index in [9.17, 15) is 14.4 Å². The van der Waals surface area contributed by atoms with E-state index in [1.165, 1.54) is 16.9 Å². The normalized spacial score (nSPS) is 14.4. The van der Waals surface area contributed by atoms with E-state index < -0.39 is 0 Å². The van der Waals surface area contributed by atoms with Gasteiger partial charge in [0.2, 0.25) is 0 Å². The molecule has 0 bridgehead atoms. The second-order valence-corrected chi connectivity index (χ2v) is 7.72. The fourth-order valence-corrected chi connectivity index (χ4v) is 3.93. The van der Waals surface area contributed by atoms with Crippen molar-refractivity contribution >= 4 is 40.0 Å². The summed E-state index contributed by atoms with van der Waals surface area (Å²) in [7, 11) is 0. The number of piperazine rings is 1. The summed E-state index contributed by atoms with van der Waals surface area (Å²) in [5, 5.41) is 0.834. The minimum atomic E-state index is -0.286.